The highest BCUT2D eigenvalue weighted by atomic mass is 16.2. The molecule has 2 amide bonds. The van der Waals surface area contributed by atoms with Crippen LogP contribution < -0.4 is 21.7 Å². The highest BCUT2D eigenvalue weighted by Gasteiger charge is 2.42. The van der Waals surface area contributed by atoms with Crippen LogP contribution in [0.1, 0.15) is 37.7 Å². The molecule has 1 fully saturated rings. The van der Waals surface area contributed by atoms with Gasteiger partial charge in [0.1, 0.15) is 5.66 Å². The van der Waals surface area contributed by atoms with Crippen molar-refractivity contribution in [3.8, 4) is 0 Å². The van der Waals surface area contributed by atoms with Crippen molar-refractivity contribution in [3.63, 3.8) is 0 Å². The number of nitrogens with two attached hydrogens (primary N) is 2. The van der Waals surface area contributed by atoms with E-state index in [1.54, 1.807) is 11.9 Å². The molecule has 1 aliphatic carbocycles. The van der Waals surface area contributed by atoms with Gasteiger partial charge in [-0.15, -0.1) is 0 Å². The van der Waals surface area contributed by atoms with Crippen LogP contribution in [0.4, 0.5) is 16.2 Å². The maximum absolute atomic E-state index is 11.8. The van der Waals surface area contributed by atoms with E-state index in [-0.39, 0.29) is 12.0 Å². The first kappa shape index (κ1) is 15.7. The molecule has 0 saturated heterocycles. The van der Waals surface area contributed by atoms with Gasteiger partial charge in [-0.05, 0) is 49.4 Å². The summed E-state index contributed by atoms with van der Waals surface area (Å²) in [6.45, 7) is 0.554. The number of amides is 2. The Kier molecular flexibility index (Phi) is 3.55. The van der Waals surface area contributed by atoms with E-state index in [1.165, 1.54) is 6.42 Å². The molecule has 25 heavy (non-hydrogen) atoms. The number of urea groups is 1. The number of hydrogen-bond acceptors (Lipinski definition) is 6. The van der Waals surface area contributed by atoms with Gasteiger partial charge in [-0.3, -0.25) is 4.90 Å². The minimum absolute atomic E-state index is 0.0968. The summed E-state index contributed by atoms with van der Waals surface area (Å²) in [7, 11) is 1.77. The van der Waals surface area contributed by atoms with E-state index < -0.39 is 5.66 Å². The number of nitrogens with zero attached hydrogens (tertiary/aromatic N) is 4. The third kappa shape index (κ3) is 2.57. The second kappa shape index (κ2) is 5.65. The van der Waals surface area contributed by atoms with E-state index >= 15 is 0 Å². The number of rotatable bonds is 1. The van der Waals surface area contributed by atoms with Gasteiger partial charge in [-0.2, -0.15) is 4.99 Å². The summed E-state index contributed by atoms with van der Waals surface area (Å²) in [6, 6.07) is 5.84. The summed E-state index contributed by atoms with van der Waals surface area (Å²) in [5.41, 5.74) is 14.5. The first-order valence-corrected chi connectivity index (χ1v) is 8.63. The monoisotopic (exact) mass is 341 g/mol. The lowest BCUT2D eigenvalue weighted by Gasteiger charge is -2.45. The Labute approximate surface area is 146 Å². The third-order valence-electron chi connectivity index (χ3n) is 5.19. The van der Waals surface area contributed by atoms with Gasteiger partial charge in [-0.1, -0.05) is 6.42 Å². The second-order valence-corrected chi connectivity index (χ2v) is 6.95. The molecule has 0 bridgehead atoms. The Morgan fingerprint density at radius 2 is 1.96 bits per heavy atom. The van der Waals surface area contributed by atoms with E-state index in [1.807, 2.05) is 17.0 Å². The number of anilines is 2. The number of fused-ring (bicyclic) bond motifs is 1. The average molecular weight is 341 g/mol. The van der Waals surface area contributed by atoms with E-state index in [4.69, 9.17) is 16.5 Å². The lowest BCUT2D eigenvalue weighted by atomic mass is 9.87. The van der Waals surface area contributed by atoms with Crippen molar-refractivity contribution in [1.82, 2.24) is 4.90 Å². The van der Waals surface area contributed by atoms with Crippen LogP contribution in [-0.4, -0.2) is 35.6 Å². The third-order valence-corrected chi connectivity index (χ3v) is 5.19. The molecule has 5 N–H and O–H groups in total. The van der Waals surface area contributed by atoms with Crippen LogP contribution in [0, 0.1) is 0 Å². The van der Waals surface area contributed by atoms with Gasteiger partial charge in [-0.25, -0.2) is 9.79 Å². The molecule has 1 aromatic carbocycles. The maximum atomic E-state index is 11.8. The summed E-state index contributed by atoms with van der Waals surface area (Å²) in [5, 5.41) is 2.89. The average Bonchev–Trinajstić information content (AvgIpc) is 2.56. The Morgan fingerprint density at radius 1 is 1.20 bits per heavy atom. The van der Waals surface area contributed by atoms with Crippen molar-refractivity contribution >= 4 is 29.3 Å². The predicted octanol–water partition coefficient (Wildman–Crippen LogP) is 1.77. The fraction of sp³-hybridized carbons (Fsp3) is 0.471. The molecular weight excluding hydrogens is 318 g/mol. The largest absolute Gasteiger partial charge is 0.369 e. The van der Waals surface area contributed by atoms with Crippen molar-refractivity contribution in [2.24, 2.45) is 21.5 Å². The number of carbonyl (C=O) groups excluding carboxylic acids is 1. The van der Waals surface area contributed by atoms with Gasteiger partial charge < -0.3 is 21.7 Å². The predicted molar refractivity (Wildman–Crippen MR) is 98.5 cm³/mol. The molecule has 3 aliphatic rings. The number of hydrogen-bond donors (Lipinski definition) is 3. The van der Waals surface area contributed by atoms with Gasteiger partial charge in [0.25, 0.3) is 0 Å². The van der Waals surface area contributed by atoms with Crippen LogP contribution in [0.5, 0.6) is 0 Å². The van der Waals surface area contributed by atoms with E-state index in [2.05, 4.69) is 16.4 Å². The van der Waals surface area contributed by atoms with Crippen LogP contribution in [0.15, 0.2) is 28.2 Å². The van der Waals surface area contributed by atoms with Crippen molar-refractivity contribution in [3.05, 3.63) is 23.8 Å². The van der Waals surface area contributed by atoms with E-state index in [0.717, 1.165) is 42.6 Å². The topological polar surface area (TPSA) is 112 Å². The first-order valence-electron chi connectivity index (χ1n) is 8.63. The van der Waals surface area contributed by atoms with Crippen LogP contribution in [0.25, 0.3) is 0 Å². The van der Waals surface area contributed by atoms with Gasteiger partial charge in [0.05, 0.1) is 0 Å². The molecule has 132 valence electrons. The van der Waals surface area contributed by atoms with Crippen molar-refractivity contribution in [2.45, 2.75) is 44.3 Å². The highest BCUT2D eigenvalue weighted by Crippen LogP contribution is 2.40. The lowest BCUT2D eigenvalue weighted by molar-refractivity contribution is 0.218. The number of aliphatic imine (C=N–C) groups is 2. The van der Waals surface area contributed by atoms with Crippen molar-refractivity contribution in [1.29, 1.82) is 0 Å². The number of benzene rings is 1. The molecule has 1 saturated carbocycles. The number of carbonyl (C=O) groups is 1. The molecule has 4 rings (SSSR count). The molecule has 0 atom stereocenters. The summed E-state index contributed by atoms with van der Waals surface area (Å²) < 4.78 is 0. The summed E-state index contributed by atoms with van der Waals surface area (Å²) in [5.74, 6) is 0.628. The molecule has 8 heteroatoms. The number of guanidine groups is 2. The summed E-state index contributed by atoms with van der Waals surface area (Å²) >= 11 is 0. The molecule has 8 nitrogen and oxygen atoms in total. The van der Waals surface area contributed by atoms with Crippen LogP contribution in [0.3, 0.4) is 0 Å². The van der Waals surface area contributed by atoms with Gasteiger partial charge in [0.15, 0.2) is 0 Å². The summed E-state index contributed by atoms with van der Waals surface area (Å²) in [4.78, 5) is 24.4. The fourth-order valence-corrected chi connectivity index (χ4v) is 4.00. The minimum Gasteiger partial charge on any atom is -0.369 e. The molecular formula is C17H23N7O. The van der Waals surface area contributed by atoms with E-state index in [9.17, 15) is 4.79 Å². The Balaban J connectivity index is 1.76. The lowest BCUT2D eigenvalue weighted by Crippen LogP contribution is -2.58. The zero-order chi connectivity index (χ0) is 17.6. The van der Waals surface area contributed by atoms with Crippen molar-refractivity contribution < 1.29 is 4.79 Å². The Morgan fingerprint density at radius 3 is 2.72 bits per heavy atom. The molecule has 0 aromatic heterocycles. The van der Waals surface area contributed by atoms with Crippen molar-refractivity contribution in [2.75, 3.05) is 17.3 Å². The normalized spacial score (nSPS) is 22.2. The minimum atomic E-state index is -0.452. The molecule has 1 aromatic rings. The maximum Gasteiger partial charge on any atom is 0.321 e. The van der Waals surface area contributed by atoms with Gasteiger partial charge in [0.2, 0.25) is 11.9 Å². The number of nitrogens with one attached hydrogen (secondary N) is 1. The molecule has 2 aliphatic heterocycles. The van der Waals surface area contributed by atoms with E-state index in [0.29, 0.717) is 12.5 Å². The molecule has 2 heterocycles. The SMILES string of the molecule is CN1Cc2cc(N3C(N)=NC(N)=NC34CCCCC4)ccc2NC1=O. The standard InChI is InChI=1S/C17H23N7O/c1-23-10-11-9-12(5-6-13(11)20-16(23)25)24-15(19)21-14(18)22-17(24)7-3-2-4-8-17/h5-6,9H,2-4,7-8,10H2,1H3,(H,20,25)(H4,18,19,21,22). The second-order valence-electron chi connectivity index (χ2n) is 6.95. The van der Waals surface area contributed by atoms with Gasteiger partial charge >= 0.3 is 6.03 Å². The molecule has 0 unspecified atom stereocenters. The highest BCUT2D eigenvalue weighted by molar-refractivity contribution is 6.06. The Bertz CT molecular complexity index is 779. The van der Waals surface area contributed by atoms with Crippen LogP contribution in [0.2, 0.25) is 0 Å². The zero-order valence-electron chi connectivity index (χ0n) is 14.3. The first-order chi connectivity index (χ1) is 12.0. The quantitative estimate of drug-likeness (QED) is 0.722. The van der Waals surface area contributed by atoms with Crippen LogP contribution in [-0.2, 0) is 6.54 Å². The molecule has 1 spiro atoms. The zero-order valence-corrected chi connectivity index (χ0v) is 14.3. The fourth-order valence-electron chi connectivity index (χ4n) is 4.00. The van der Waals surface area contributed by atoms with Gasteiger partial charge in [0, 0.05) is 25.0 Å². The Hall–Kier alpha value is -2.77. The van der Waals surface area contributed by atoms with Crippen LogP contribution >= 0.6 is 0 Å². The molecule has 0 radical (unpaired) electrons. The smallest absolute Gasteiger partial charge is 0.321 e. The summed E-state index contributed by atoms with van der Waals surface area (Å²) in [6.07, 6.45) is 5.17.